The second kappa shape index (κ2) is 33.2. The molecule has 1 heterocycles. The summed E-state index contributed by atoms with van der Waals surface area (Å²) in [6.07, 6.45) is -3.52. The van der Waals surface area contributed by atoms with E-state index in [-0.39, 0.29) is 64.1 Å². The lowest BCUT2D eigenvalue weighted by atomic mass is 10.00. The van der Waals surface area contributed by atoms with Crippen molar-refractivity contribution in [2.24, 2.45) is 23.1 Å². The number of benzene rings is 2. The van der Waals surface area contributed by atoms with Gasteiger partial charge in [0.25, 0.3) is 0 Å². The first-order valence-electron chi connectivity index (χ1n) is 26.2. The van der Waals surface area contributed by atoms with Crippen molar-refractivity contribution in [2.45, 2.75) is 153 Å². The van der Waals surface area contributed by atoms with E-state index in [9.17, 15) is 63.3 Å². The highest BCUT2D eigenvalue weighted by atomic mass is 16.3. The Labute approximate surface area is 454 Å². The number of aliphatic hydroxyl groups excluding tert-OH is 3. The lowest BCUT2D eigenvalue weighted by molar-refractivity contribution is -0.136. The van der Waals surface area contributed by atoms with E-state index in [1.165, 1.54) is 13.8 Å². The van der Waals surface area contributed by atoms with Gasteiger partial charge in [-0.3, -0.25) is 47.9 Å². The highest BCUT2D eigenvalue weighted by Gasteiger charge is 2.37. The van der Waals surface area contributed by atoms with Gasteiger partial charge in [0.15, 0.2) is 0 Å². The Kier molecular flexibility index (Phi) is 27.8. The zero-order chi connectivity index (χ0) is 58.1. The molecular formula is C52H81N13O13. The monoisotopic (exact) mass is 1100 g/mol. The SMILES string of the molecule is CCc1ccc(CC(=O)N[C@H](C(=O)N[C@H](CO)C(=O)N[C@H]2CCNC(=O)[C@H]([C@@H](C)O)NC(=O)[C@H](CCN)NC(=O)[C@H](CCN)NC(=O)[C@H](CC(C)C)NC(=O)[C@@H](Cc3ccccc3)NC(=O)[C@H](CCN)NC2=O)[C@@H](C)O)cc1. The van der Waals surface area contributed by atoms with Gasteiger partial charge in [-0.25, -0.2) is 0 Å². The fourth-order valence-corrected chi connectivity index (χ4v) is 8.24. The van der Waals surface area contributed by atoms with Crippen LogP contribution in [0.3, 0.4) is 0 Å². The Balaban J connectivity index is 2.07. The average molecular weight is 1100 g/mol. The molecule has 0 bridgehead atoms. The number of carbonyl (C=O) groups excluding carboxylic acids is 10. The number of amides is 10. The number of aliphatic hydroxyl groups is 3. The third-order valence-corrected chi connectivity index (χ3v) is 12.6. The molecule has 2 aromatic rings. The molecule has 1 fully saturated rings. The van der Waals surface area contributed by atoms with E-state index in [1.807, 2.05) is 19.1 Å². The summed E-state index contributed by atoms with van der Waals surface area (Å²) in [5.41, 5.74) is 19.8. The van der Waals surface area contributed by atoms with E-state index in [4.69, 9.17) is 17.2 Å². The fourth-order valence-electron chi connectivity index (χ4n) is 8.24. The van der Waals surface area contributed by atoms with Crippen molar-refractivity contribution in [3.8, 4) is 0 Å². The second-order valence-electron chi connectivity index (χ2n) is 19.6. The van der Waals surface area contributed by atoms with E-state index in [1.54, 1.807) is 56.3 Å². The van der Waals surface area contributed by atoms with E-state index >= 15 is 0 Å². The molecule has 0 aliphatic carbocycles. The van der Waals surface area contributed by atoms with Crippen LogP contribution in [0.25, 0.3) is 0 Å². The highest BCUT2D eigenvalue weighted by molar-refractivity contribution is 5.99. The molecule has 432 valence electrons. The maximum Gasteiger partial charge on any atom is 0.245 e. The van der Waals surface area contributed by atoms with Crippen LogP contribution in [0.5, 0.6) is 0 Å². The number of carbonyl (C=O) groups is 10. The third-order valence-electron chi connectivity index (χ3n) is 12.6. The summed E-state index contributed by atoms with van der Waals surface area (Å²) in [4.78, 5) is 139. The number of rotatable bonds is 21. The zero-order valence-electron chi connectivity index (χ0n) is 45.0. The lowest BCUT2D eigenvalue weighted by Gasteiger charge is -2.28. The molecule has 1 aliphatic rings. The molecular weight excluding hydrogens is 1010 g/mol. The molecule has 10 amide bonds. The molecule has 0 radical (unpaired) electrons. The molecule has 26 heteroatoms. The van der Waals surface area contributed by atoms with Crippen LogP contribution in [0.15, 0.2) is 54.6 Å². The Morgan fingerprint density at radius 2 is 1.09 bits per heavy atom. The van der Waals surface area contributed by atoms with Gasteiger partial charge in [-0.2, -0.15) is 0 Å². The first kappa shape index (κ1) is 65.2. The van der Waals surface area contributed by atoms with Crippen molar-refractivity contribution < 1.29 is 63.3 Å². The number of hydrogen-bond acceptors (Lipinski definition) is 16. The molecule has 1 saturated heterocycles. The predicted octanol–water partition coefficient (Wildman–Crippen LogP) is -5.24. The maximum atomic E-state index is 14.3. The van der Waals surface area contributed by atoms with Crippen LogP contribution in [0.1, 0.15) is 83.4 Å². The van der Waals surface area contributed by atoms with Crippen molar-refractivity contribution >= 4 is 59.1 Å². The maximum absolute atomic E-state index is 14.3. The minimum atomic E-state index is -1.82. The van der Waals surface area contributed by atoms with E-state index in [2.05, 4.69) is 53.2 Å². The van der Waals surface area contributed by atoms with Gasteiger partial charge in [0.1, 0.15) is 54.4 Å². The normalized spacial score (nSPS) is 23.1. The Bertz CT molecular complexity index is 2320. The molecule has 0 aromatic heterocycles. The van der Waals surface area contributed by atoms with Gasteiger partial charge in [0.2, 0.25) is 59.1 Å². The summed E-state index contributed by atoms with van der Waals surface area (Å²) in [5.74, 6) is -9.51. The van der Waals surface area contributed by atoms with E-state index in [0.717, 1.165) is 12.0 Å². The van der Waals surface area contributed by atoms with Crippen molar-refractivity contribution in [3.05, 3.63) is 71.3 Å². The van der Waals surface area contributed by atoms with E-state index in [0.29, 0.717) is 11.1 Å². The second-order valence-corrected chi connectivity index (χ2v) is 19.6. The quantitative estimate of drug-likeness (QED) is 0.0556. The molecule has 2 aromatic carbocycles. The number of hydrogen-bond donors (Lipinski definition) is 16. The lowest BCUT2D eigenvalue weighted by Crippen LogP contribution is -2.61. The fraction of sp³-hybridized carbons (Fsp3) is 0.577. The minimum absolute atomic E-state index is 0.0492. The molecule has 3 rings (SSSR count). The number of nitrogens with two attached hydrogens (primary N) is 3. The molecule has 1 aliphatic heterocycles. The Morgan fingerprint density at radius 1 is 0.603 bits per heavy atom. The van der Waals surface area contributed by atoms with Crippen molar-refractivity contribution in [3.63, 3.8) is 0 Å². The minimum Gasteiger partial charge on any atom is -0.394 e. The number of aryl methyl sites for hydroxylation is 1. The van der Waals surface area contributed by atoms with Crippen LogP contribution in [-0.2, 0) is 67.2 Å². The Hall–Kier alpha value is -7.10. The van der Waals surface area contributed by atoms with Crippen molar-refractivity contribution in [2.75, 3.05) is 32.8 Å². The first-order valence-corrected chi connectivity index (χ1v) is 26.2. The van der Waals surface area contributed by atoms with Gasteiger partial charge >= 0.3 is 0 Å². The Morgan fingerprint density at radius 3 is 1.59 bits per heavy atom. The third kappa shape index (κ3) is 21.4. The molecule has 19 N–H and O–H groups in total. The topological polar surface area (TPSA) is 430 Å². The largest absolute Gasteiger partial charge is 0.394 e. The molecule has 26 nitrogen and oxygen atoms in total. The molecule has 0 saturated carbocycles. The first-order chi connectivity index (χ1) is 37.0. The van der Waals surface area contributed by atoms with Gasteiger partial charge in [-0.15, -0.1) is 0 Å². The summed E-state index contributed by atoms with van der Waals surface area (Å²) in [5, 5.41) is 56.6. The molecule has 0 spiro atoms. The average Bonchev–Trinajstić information content (AvgIpc) is 3.40. The summed E-state index contributed by atoms with van der Waals surface area (Å²) in [6.45, 7) is 5.97. The molecule has 78 heavy (non-hydrogen) atoms. The van der Waals surface area contributed by atoms with Gasteiger partial charge in [-0.1, -0.05) is 75.4 Å². The zero-order valence-corrected chi connectivity index (χ0v) is 45.0. The van der Waals surface area contributed by atoms with Gasteiger partial charge < -0.3 is 85.7 Å². The standard InChI is InChI=1S/C52H81N13O13/c1-6-31-12-14-33(15-13-31)26-41(69)64-43(30(5)68)52(78)63-40(27-66)50(76)60-37-19-23-56-51(77)42(29(4)67)65-47(73)36(18-22-55)58-44(70)34(16-20-53)59-48(74)38(24-28(2)3)61-49(75)39(25-32-10-8-7-9-11-32)62-45(71)35(17-21-54)57-46(37)72/h7-15,28-30,34-40,42-43,66-68H,6,16-27,53-55H2,1-5H3,(H,56,77)(H,57,72)(H,58,70)(H,59,74)(H,60,76)(H,61,75)(H,62,71)(H,63,78)(H,64,69)(H,65,73)/t29-,30-,34+,35+,36+,37+,38+,39-,40-,42+,43+/m1/s1. The van der Waals surface area contributed by atoms with Crippen LogP contribution in [0.4, 0.5) is 0 Å². The van der Waals surface area contributed by atoms with Crippen LogP contribution in [0, 0.1) is 5.92 Å². The van der Waals surface area contributed by atoms with Gasteiger partial charge in [0, 0.05) is 13.0 Å². The summed E-state index contributed by atoms with van der Waals surface area (Å²) in [7, 11) is 0. The smallest absolute Gasteiger partial charge is 0.245 e. The van der Waals surface area contributed by atoms with Gasteiger partial charge in [-0.05, 0) is 94.6 Å². The van der Waals surface area contributed by atoms with Crippen LogP contribution in [-0.4, -0.2) is 174 Å². The summed E-state index contributed by atoms with van der Waals surface area (Å²) >= 11 is 0. The van der Waals surface area contributed by atoms with Crippen LogP contribution >= 0.6 is 0 Å². The summed E-state index contributed by atoms with van der Waals surface area (Å²) < 4.78 is 0. The van der Waals surface area contributed by atoms with Crippen molar-refractivity contribution in [1.29, 1.82) is 0 Å². The van der Waals surface area contributed by atoms with Crippen LogP contribution < -0.4 is 70.4 Å². The van der Waals surface area contributed by atoms with Crippen LogP contribution in [0.2, 0.25) is 0 Å². The van der Waals surface area contributed by atoms with Gasteiger partial charge in [0.05, 0.1) is 25.2 Å². The predicted molar refractivity (Wildman–Crippen MR) is 286 cm³/mol. The molecule has 0 unspecified atom stereocenters. The summed E-state index contributed by atoms with van der Waals surface area (Å²) in [6, 6.07) is 1.94. The highest BCUT2D eigenvalue weighted by Crippen LogP contribution is 2.12. The van der Waals surface area contributed by atoms with E-state index < -0.39 is 145 Å². The van der Waals surface area contributed by atoms with Crippen molar-refractivity contribution in [1.82, 2.24) is 53.2 Å². The number of nitrogens with one attached hydrogen (secondary N) is 10. The molecule has 11 atom stereocenters.